The third-order valence-electron chi connectivity index (χ3n) is 2.62. The largest absolute Gasteiger partial charge is 0.227 e. The Morgan fingerprint density at radius 3 is 2.07 bits per heavy atom. The van der Waals surface area contributed by atoms with Crippen LogP contribution >= 0.6 is 0 Å². The third kappa shape index (κ3) is 4.63. The van der Waals surface area contributed by atoms with Crippen LogP contribution in [0.2, 0.25) is 0 Å². The maximum Gasteiger partial charge on any atom is 0.227 e. The molecular weight excluding hydrogens is 212 g/mol. The van der Waals surface area contributed by atoms with Crippen molar-refractivity contribution in [3.8, 4) is 6.07 Å². The van der Waals surface area contributed by atoms with Crippen molar-refractivity contribution in [2.45, 2.75) is 45.3 Å². The van der Waals surface area contributed by atoms with E-state index in [0.29, 0.717) is 18.9 Å². The highest BCUT2D eigenvalue weighted by Crippen LogP contribution is 2.08. The molecule has 0 amide bonds. The highest BCUT2D eigenvalue weighted by Gasteiger charge is 2.23. The van der Waals surface area contributed by atoms with Crippen LogP contribution in [-0.4, -0.2) is 20.2 Å². The number of nitriles is 1. The Morgan fingerprint density at radius 1 is 1.20 bits per heavy atom. The lowest BCUT2D eigenvalue weighted by molar-refractivity contribution is 0.477. The smallest absolute Gasteiger partial charge is 0.214 e. The summed E-state index contributed by atoms with van der Waals surface area (Å²) in [6.07, 6.45) is 2.22. The molecule has 0 aliphatic rings. The standard InChI is InChI=1S/C10H20N2O2S/c1-4-9(5-2)8-12-15(13,14)10(6-3)7-11/h9-10,12H,4-6,8H2,1-3H3. The molecule has 1 N–H and O–H groups in total. The molecular formula is C10H20N2O2S. The maximum absolute atomic E-state index is 11.6. The fourth-order valence-corrected chi connectivity index (χ4v) is 2.54. The van der Waals surface area contributed by atoms with Gasteiger partial charge in [-0.15, -0.1) is 0 Å². The second-order valence-corrected chi connectivity index (χ2v) is 5.55. The molecule has 0 rings (SSSR count). The van der Waals surface area contributed by atoms with Crippen molar-refractivity contribution >= 4 is 10.0 Å². The highest BCUT2D eigenvalue weighted by molar-refractivity contribution is 7.90. The molecule has 0 fully saturated rings. The molecule has 0 aromatic heterocycles. The van der Waals surface area contributed by atoms with Gasteiger partial charge in [0.15, 0.2) is 5.25 Å². The fourth-order valence-electron chi connectivity index (χ4n) is 1.29. The molecule has 0 heterocycles. The second-order valence-electron chi connectivity index (χ2n) is 3.60. The quantitative estimate of drug-likeness (QED) is 0.725. The number of sulfonamides is 1. The van der Waals surface area contributed by atoms with Gasteiger partial charge in [0.1, 0.15) is 0 Å². The Hall–Kier alpha value is -0.600. The van der Waals surface area contributed by atoms with Gasteiger partial charge in [-0.3, -0.25) is 0 Å². The molecule has 0 aromatic carbocycles. The molecule has 0 aliphatic heterocycles. The van der Waals surface area contributed by atoms with E-state index < -0.39 is 15.3 Å². The monoisotopic (exact) mass is 232 g/mol. The second kappa shape index (κ2) is 6.81. The minimum absolute atomic E-state index is 0.328. The Balaban J connectivity index is 4.34. The predicted octanol–water partition coefficient (Wildman–Crippen LogP) is 1.64. The molecule has 1 atom stereocenters. The van der Waals surface area contributed by atoms with Gasteiger partial charge in [-0.2, -0.15) is 5.26 Å². The minimum Gasteiger partial charge on any atom is -0.214 e. The first-order chi connectivity index (χ1) is 7.01. The molecule has 0 saturated carbocycles. The van der Waals surface area contributed by atoms with Gasteiger partial charge in [-0.25, -0.2) is 13.1 Å². The van der Waals surface area contributed by atoms with Gasteiger partial charge < -0.3 is 0 Å². The van der Waals surface area contributed by atoms with E-state index in [1.165, 1.54) is 0 Å². The van der Waals surface area contributed by atoms with E-state index in [4.69, 9.17) is 5.26 Å². The van der Waals surface area contributed by atoms with Crippen molar-refractivity contribution in [1.82, 2.24) is 4.72 Å². The minimum atomic E-state index is -3.45. The molecule has 4 nitrogen and oxygen atoms in total. The van der Waals surface area contributed by atoms with Gasteiger partial charge in [0.25, 0.3) is 0 Å². The highest BCUT2D eigenvalue weighted by atomic mass is 32.2. The molecule has 0 bridgehead atoms. The van der Waals surface area contributed by atoms with Crippen molar-refractivity contribution < 1.29 is 8.42 Å². The summed E-state index contributed by atoms with van der Waals surface area (Å²) in [5, 5.41) is 7.75. The SMILES string of the molecule is CCC(CC)CNS(=O)(=O)C(C#N)CC. The zero-order valence-corrected chi connectivity index (χ0v) is 10.5. The number of rotatable bonds is 7. The Kier molecular flexibility index (Phi) is 6.53. The van der Waals surface area contributed by atoms with Gasteiger partial charge in [0, 0.05) is 6.54 Å². The van der Waals surface area contributed by atoms with Gasteiger partial charge >= 0.3 is 0 Å². The van der Waals surface area contributed by atoms with E-state index >= 15 is 0 Å². The summed E-state index contributed by atoms with van der Waals surface area (Å²) in [5.41, 5.74) is 0. The summed E-state index contributed by atoms with van der Waals surface area (Å²) in [5.74, 6) is 0.357. The van der Waals surface area contributed by atoms with Crippen LogP contribution in [0.25, 0.3) is 0 Å². The van der Waals surface area contributed by atoms with Crippen molar-refractivity contribution in [3.05, 3.63) is 0 Å². The lowest BCUT2D eigenvalue weighted by Gasteiger charge is -2.15. The average Bonchev–Trinajstić information content (AvgIpc) is 2.20. The molecule has 88 valence electrons. The van der Waals surface area contributed by atoms with Crippen molar-refractivity contribution in [2.75, 3.05) is 6.54 Å². The van der Waals surface area contributed by atoms with Crippen LogP contribution in [0, 0.1) is 17.2 Å². The van der Waals surface area contributed by atoms with Crippen LogP contribution in [0.3, 0.4) is 0 Å². The number of nitrogens with zero attached hydrogens (tertiary/aromatic N) is 1. The van der Waals surface area contributed by atoms with E-state index in [0.717, 1.165) is 12.8 Å². The van der Waals surface area contributed by atoms with E-state index in [9.17, 15) is 8.42 Å². The van der Waals surface area contributed by atoms with E-state index in [1.807, 2.05) is 13.8 Å². The third-order valence-corrected chi connectivity index (χ3v) is 4.37. The summed E-state index contributed by atoms with van der Waals surface area (Å²) in [4.78, 5) is 0. The number of hydrogen-bond acceptors (Lipinski definition) is 3. The summed E-state index contributed by atoms with van der Waals surface area (Å²) < 4.78 is 25.7. The summed E-state index contributed by atoms with van der Waals surface area (Å²) in [6.45, 7) is 6.20. The number of nitrogens with one attached hydrogen (secondary N) is 1. The fraction of sp³-hybridized carbons (Fsp3) is 0.900. The molecule has 0 radical (unpaired) electrons. The Morgan fingerprint density at radius 2 is 1.73 bits per heavy atom. The van der Waals surface area contributed by atoms with Crippen LogP contribution in [0.1, 0.15) is 40.0 Å². The summed E-state index contributed by atoms with van der Waals surface area (Å²) in [7, 11) is -3.45. The first kappa shape index (κ1) is 14.4. The van der Waals surface area contributed by atoms with Gasteiger partial charge in [0.2, 0.25) is 10.0 Å². The van der Waals surface area contributed by atoms with Crippen molar-refractivity contribution in [1.29, 1.82) is 5.26 Å². The molecule has 0 aliphatic carbocycles. The molecule has 0 spiro atoms. The van der Waals surface area contributed by atoms with Gasteiger partial charge in [0.05, 0.1) is 6.07 Å². The van der Waals surface area contributed by atoms with Crippen LogP contribution in [0.4, 0.5) is 0 Å². The lowest BCUT2D eigenvalue weighted by Crippen LogP contribution is -2.36. The zero-order valence-electron chi connectivity index (χ0n) is 9.66. The van der Waals surface area contributed by atoms with Crippen LogP contribution in [-0.2, 0) is 10.0 Å². The normalized spacial score (nSPS) is 13.8. The van der Waals surface area contributed by atoms with E-state index in [-0.39, 0.29) is 0 Å². The molecule has 0 saturated heterocycles. The predicted molar refractivity (Wildman–Crippen MR) is 60.7 cm³/mol. The molecule has 5 heteroatoms. The first-order valence-electron chi connectivity index (χ1n) is 5.39. The average molecular weight is 232 g/mol. The van der Waals surface area contributed by atoms with E-state index in [2.05, 4.69) is 4.72 Å². The van der Waals surface area contributed by atoms with Gasteiger partial charge in [-0.05, 0) is 12.3 Å². The zero-order chi connectivity index (χ0) is 11.9. The molecule has 15 heavy (non-hydrogen) atoms. The summed E-state index contributed by atoms with van der Waals surface area (Å²) >= 11 is 0. The van der Waals surface area contributed by atoms with Crippen LogP contribution in [0.5, 0.6) is 0 Å². The summed E-state index contributed by atoms with van der Waals surface area (Å²) in [6, 6.07) is 1.80. The Bertz CT molecular complexity index is 302. The van der Waals surface area contributed by atoms with Gasteiger partial charge in [-0.1, -0.05) is 33.6 Å². The molecule has 0 aromatic rings. The van der Waals surface area contributed by atoms with Crippen LogP contribution < -0.4 is 4.72 Å². The van der Waals surface area contributed by atoms with Crippen LogP contribution in [0.15, 0.2) is 0 Å². The molecule has 1 unspecified atom stereocenters. The van der Waals surface area contributed by atoms with E-state index in [1.54, 1.807) is 13.0 Å². The number of hydrogen-bond donors (Lipinski definition) is 1. The Labute approximate surface area is 92.7 Å². The van der Waals surface area contributed by atoms with Crippen molar-refractivity contribution in [3.63, 3.8) is 0 Å². The topological polar surface area (TPSA) is 70.0 Å². The maximum atomic E-state index is 11.6. The first-order valence-corrected chi connectivity index (χ1v) is 6.94. The van der Waals surface area contributed by atoms with Crippen molar-refractivity contribution in [2.24, 2.45) is 5.92 Å². The lowest BCUT2D eigenvalue weighted by atomic mass is 10.0.